The van der Waals surface area contributed by atoms with Gasteiger partial charge < -0.3 is 4.98 Å². The Balaban J connectivity index is 2.14. The van der Waals surface area contributed by atoms with Gasteiger partial charge in [-0.15, -0.1) is 0 Å². The molecule has 6 nitrogen and oxygen atoms in total. The summed E-state index contributed by atoms with van der Waals surface area (Å²) < 4.78 is 2.12. The summed E-state index contributed by atoms with van der Waals surface area (Å²) in [6.45, 7) is 0. The number of fused-ring (bicyclic) bond motifs is 1. The molecule has 2 aromatic heterocycles. The molecule has 0 radical (unpaired) electrons. The molecule has 2 amide bonds. The Morgan fingerprint density at radius 3 is 3.06 bits per heavy atom. The zero-order valence-corrected chi connectivity index (χ0v) is 10.2. The van der Waals surface area contributed by atoms with Crippen LogP contribution >= 0.6 is 12.2 Å². The maximum absolute atomic E-state index is 11.9. The quantitative estimate of drug-likeness (QED) is 0.595. The third kappa shape index (κ3) is 1.63. The largest absolute Gasteiger partial charge is 0.329 e. The molecule has 3 rings (SSSR count). The van der Waals surface area contributed by atoms with Crippen molar-refractivity contribution in [3.8, 4) is 0 Å². The number of carbonyl (C=O) groups is 2. The number of amides is 2. The summed E-state index contributed by atoms with van der Waals surface area (Å²) in [6, 6.07) is 3.17. The molecule has 1 fully saturated rings. The van der Waals surface area contributed by atoms with E-state index in [1.54, 1.807) is 16.8 Å². The van der Waals surface area contributed by atoms with Gasteiger partial charge in [-0.05, 0) is 30.8 Å². The lowest BCUT2D eigenvalue weighted by Crippen LogP contribution is -2.41. The molecule has 3 heterocycles. The van der Waals surface area contributed by atoms with E-state index >= 15 is 0 Å². The van der Waals surface area contributed by atoms with Crippen LogP contribution in [-0.4, -0.2) is 26.3 Å². The number of imidazole rings is 1. The Kier molecular flexibility index (Phi) is 2.48. The van der Waals surface area contributed by atoms with Gasteiger partial charge in [0.2, 0.25) is 11.8 Å². The Labute approximate surface area is 107 Å². The van der Waals surface area contributed by atoms with Crippen LogP contribution in [0.5, 0.6) is 0 Å². The highest BCUT2D eigenvalue weighted by atomic mass is 32.1. The number of aromatic amines is 1. The average molecular weight is 262 g/mol. The highest BCUT2D eigenvalue weighted by Gasteiger charge is 2.29. The van der Waals surface area contributed by atoms with Crippen LogP contribution in [0.1, 0.15) is 18.9 Å². The number of nitrogens with zero attached hydrogens (tertiary/aromatic N) is 2. The van der Waals surface area contributed by atoms with Crippen molar-refractivity contribution in [1.82, 2.24) is 19.9 Å². The van der Waals surface area contributed by atoms with Crippen LogP contribution in [0.4, 0.5) is 0 Å². The minimum Gasteiger partial charge on any atom is -0.329 e. The number of hydrogen-bond donors (Lipinski definition) is 2. The van der Waals surface area contributed by atoms with Gasteiger partial charge in [0.15, 0.2) is 10.4 Å². The summed E-state index contributed by atoms with van der Waals surface area (Å²) in [5.74, 6) is -0.565. The average Bonchev–Trinajstić information content (AvgIpc) is 2.66. The molecule has 1 saturated heterocycles. The van der Waals surface area contributed by atoms with E-state index in [1.807, 2.05) is 6.07 Å². The molecule has 1 unspecified atom stereocenters. The van der Waals surface area contributed by atoms with Crippen molar-refractivity contribution in [2.45, 2.75) is 18.9 Å². The first kappa shape index (κ1) is 11.1. The molecule has 1 aliphatic heterocycles. The molecule has 2 N–H and O–H groups in total. The van der Waals surface area contributed by atoms with E-state index in [0.29, 0.717) is 23.3 Å². The molecular weight excluding hydrogens is 252 g/mol. The lowest BCUT2D eigenvalue weighted by Gasteiger charge is -2.22. The third-order valence-corrected chi connectivity index (χ3v) is 3.30. The highest BCUT2D eigenvalue weighted by molar-refractivity contribution is 7.71. The second-order valence-corrected chi connectivity index (χ2v) is 4.53. The number of nitrogens with one attached hydrogen (secondary N) is 2. The molecular formula is C11H10N4O2S. The van der Waals surface area contributed by atoms with Crippen LogP contribution in [0.25, 0.3) is 11.2 Å². The lowest BCUT2D eigenvalue weighted by molar-refractivity contribution is -0.135. The van der Waals surface area contributed by atoms with Crippen LogP contribution in [0.15, 0.2) is 18.3 Å². The first-order chi connectivity index (χ1) is 8.66. The van der Waals surface area contributed by atoms with Crippen molar-refractivity contribution >= 4 is 35.2 Å². The van der Waals surface area contributed by atoms with Gasteiger partial charge in [0, 0.05) is 12.6 Å². The smallest absolute Gasteiger partial charge is 0.249 e. The molecule has 0 bridgehead atoms. The van der Waals surface area contributed by atoms with Crippen molar-refractivity contribution in [3.63, 3.8) is 0 Å². The molecule has 0 aromatic carbocycles. The maximum atomic E-state index is 11.9. The van der Waals surface area contributed by atoms with Crippen molar-refractivity contribution in [1.29, 1.82) is 0 Å². The van der Waals surface area contributed by atoms with E-state index in [4.69, 9.17) is 12.2 Å². The SMILES string of the molecule is O=C1CCC(n2c(=S)[nH]c3cccnc32)C(=O)N1. The zero-order valence-electron chi connectivity index (χ0n) is 9.34. The van der Waals surface area contributed by atoms with E-state index in [9.17, 15) is 9.59 Å². The molecule has 2 aromatic rings. The summed E-state index contributed by atoms with van der Waals surface area (Å²) in [6.07, 6.45) is 2.41. The molecule has 18 heavy (non-hydrogen) atoms. The summed E-state index contributed by atoms with van der Waals surface area (Å²) in [5, 5.41) is 2.32. The number of piperidine rings is 1. The zero-order chi connectivity index (χ0) is 12.7. The summed E-state index contributed by atoms with van der Waals surface area (Å²) in [5.41, 5.74) is 1.42. The second-order valence-electron chi connectivity index (χ2n) is 4.14. The van der Waals surface area contributed by atoms with Crippen LogP contribution < -0.4 is 5.32 Å². The van der Waals surface area contributed by atoms with Crippen LogP contribution in [0.3, 0.4) is 0 Å². The topological polar surface area (TPSA) is 79.8 Å². The fourth-order valence-corrected chi connectivity index (χ4v) is 2.50. The molecule has 0 saturated carbocycles. The van der Waals surface area contributed by atoms with Gasteiger partial charge in [0.05, 0.1) is 5.52 Å². The highest BCUT2D eigenvalue weighted by Crippen LogP contribution is 2.23. The predicted molar refractivity (Wildman–Crippen MR) is 66.3 cm³/mol. The van der Waals surface area contributed by atoms with Gasteiger partial charge in [-0.1, -0.05) is 0 Å². The Morgan fingerprint density at radius 1 is 1.44 bits per heavy atom. The number of imide groups is 1. The summed E-state index contributed by atoms with van der Waals surface area (Å²) >= 11 is 5.22. The van der Waals surface area contributed by atoms with E-state index in [1.165, 1.54) is 0 Å². The van der Waals surface area contributed by atoms with Gasteiger partial charge >= 0.3 is 0 Å². The third-order valence-electron chi connectivity index (χ3n) is 3.00. The van der Waals surface area contributed by atoms with Gasteiger partial charge in [0.25, 0.3) is 0 Å². The number of aromatic nitrogens is 3. The van der Waals surface area contributed by atoms with Gasteiger partial charge in [-0.3, -0.25) is 19.5 Å². The predicted octanol–water partition coefficient (Wildman–Crippen LogP) is 1.07. The Bertz CT molecular complexity index is 702. The second kappa shape index (κ2) is 4.02. The van der Waals surface area contributed by atoms with Gasteiger partial charge in [0.1, 0.15) is 6.04 Å². The van der Waals surface area contributed by atoms with Crippen molar-refractivity contribution < 1.29 is 9.59 Å². The molecule has 92 valence electrons. The standard InChI is InChI=1S/C11H10N4O2S/c16-8-4-3-7(10(17)14-8)15-9-6(13-11(15)18)2-1-5-12-9/h1-2,5,7H,3-4H2,(H,13,18)(H,14,16,17). The lowest BCUT2D eigenvalue weighted by atomic mass is 10.1. The first-order valence-electron chi connectivity index (χ1n) is 5.56. The van der Waals surface area contributed by atoms with Crippen molar-refractivity contribution in [3.05, 3.63) is 23.1 Å². The first-order valence-corrected chi connectivity index (χ1v) is 5.96. The number of carbonyl (C=O) groups excluding carboxylic acids is 2. The molecule has 0 spiro atoms. The molecule has 1 aliphatic rings. The number of hydrogen-bond acceptors (Lipinski definition) is 4. The maximum Gasteiger partial charge on any atom is 0.249 e. The van der Waals surface area contributed by atoms with Gasteiger partial charge in [-0.2, -0.15) is 0 Å². The molecule has 0 aliphatic carbocycles. The Morgan fingerprint density at radius 2 is 2.28 bits per heavy atom. The normalized spacial score (nSPS) is 20.1. The van der Waals surface area contributed by atoms with Crippen LogP contribution in [0, 0.1) is 4.77 Å². The van der Waals surface area contributed by atoms with Crippen molar-refractivity contribution in [2.75, 3.05) is 0 Å². The molecule has 1 atom stereocenters. The minimum atomic E-state index is -0.473. The minimum absolute atomic E-state index is 0.240. The van der Waals surface area contributed by atoms with E-state index in [-0.39, 0.29) is 11.8 Å². The Hall–Kier alpha value is -2.02. The number of pyridine rings is 1. The van der Waals surface area contributed by atoms with E-state index in [0.717, 1.165) is 5.52 Å². The van der Waals surface area contributed by atoms with Crippen LogP contribution in [0.2, 0.25) is 0 Å². The summed E-state index contributed by atoms with van der Waals surface area (Å²) in [7, 11) is 0. The van der Waals surface area contributed by atoms with E-state index < -0.39 is 6.04 Å². The number of H-pyrrole nitrogens is 1. The summed E-state index contributed by atoms with van der Waals surface area (Å²) in [4.78, 5) is 30.2. The fraction of sp³-hybridized carbons (Fsp3) is 0.273. The fourth-order valence-electron chi connectivity index (χ4n) is 2.18. The monoisotopic (exact) mass is 262 g/mol. The van der Waals surface area contributed by atoms with Crippen molar-refractivity contribution in [2.24, 2.45) is 0 Å². The van der Waals surface area contributed by atoms with Crippen LogP contribution in [-0.2, 0) is 9.59 Å². The van der Waals surface area contributed by atoms with E-state index in [2.05, 4.69) is 15.3 Å². The molecule has 7 heteroatoms. The number of rotatable bonds is 1. The van der Waals surface area contributed by atoms with Gasteiger partial charge in [-0.25, -0.2) is 4.98 Å².